The molecule has 0 N–H and O–H groups in total. The summed E-state index contributed by atoms with van der Waals surface area (Å²) in [6.07, 6.45) is 0. The molecule has 5 rings (SSSR count). The number of hydrogen-bond donors (Lipinski definition) is 0. The van der Waals surface area contributed by atoms with E-state index in [0.717, 1.165) is 22.6 Å². The van der Waals surface area contributed by atoms with Crippen LogP contribution >= 0.6 is 11.6 Å². The maximum Gasteiger partial charge on any atom is 0.205 e. The summed E-state index contributed by atoms with van der Waals surface area (Å²) in [5.74, 6) is 1.39. The standard InChI is InChI=1S/C26H19ClN4O/c27-23-12-14-24(15-13-23)31-29-26(28-30-31)22-8-6-19(7-9-22)18-32-25-16-10-21(11-17-25)20-4-2-1-3-5-20/h1-17H,18H2. The van der Waals surface area contributed by atoms with Crippen LogP contribution in [0.25, 0.3) is 28.2 Å². The van der Waals surface area contributed by atoms with Crippen LogP contribution in [0.1, 0.15) is 5.56 Å². The Morgan fingerprint density at radius 3 is 2.06 bits per heavy atom. The highest BCUT2D eigenvalue weighted by molar-refractivity contribution is 6.30. The van der Waals surface area contributed by atoms with E-state index in [1.54, 1.807) is 12.1 Å². The van der Waals surface area contributed by atoms with Gasteiger partial charge in [-0.2, -0.15) is 0 Å². The molecule has 0 atom stereocenters. The van der Waals surface area contributed by atoms with Crippen LogP contribution in [0.2, 0.25) is 5.02 Å². The van der Waals surface area contributed by atoms with E-state index in [0.29, 0.717) is 17.5 Å². The van der Waals surface area contributed by atoms with Crippen LogP contribution in [0.3, 0.4) is 0 Å². The smallest absolute Gasteiger partial charge is 0.205 e. The van der Waals surface area contributed by atoms with Gasteiger partial charge in [0.25, 0.3) is 0 Å². The average Bonchev–Trinajstić information content (AvgIpc) is 3.35. The molecule has 0 unspecified atom stereocenters. The number of benzene rings is 4. The normalized spacial score (nSPS) is 10.8. The highest BCUT2D eigenvalue weighted by atomic mass is 35.5. The molecule has 6 heteroatoms. The van der Waals surface area contributed by atoms with Crippen molar-refractivity contribution in [3.63, 3.8) is 0 Å². The minimum atomic E-state index is 0.482. The molecule has 0 aliphatic heterocycles. The van der Waals surface area contributed by atoms with Crippen molar-refractivity contribution in [3.8, 4) is 34.0 Å². The van der Waals surface area contributed by atoms with E-state index in [4.69, 9.17) is 16.3 Å². The van der Waals surface area contributed by atoms with Gasteiger partial charge in [-0.05, 0) is 58.3 Å². The third kappa shape index (κ3) is 4.53. The summed E-state index contributed by atoms with van der Waals surface area (Å²) in [4.78, 5) is 1.49. The van der Waals surface area contributed by atoms with Crippen LogP contribution in [-0.2, 0) is 6.61 Å². The van der Waals surface area contributed by atoms with E-state index in [2.05, 4.69) is 39.7 Å². The lowest BCUT2D eigenvalue weighted by Gasteiger charge is -2.08. The molecule has 0 saturated heterocycles. The van der Waals surface area contributed by atoms with Gasteiger partial charge in [0.1, 0.15) is 12.4 Å². The molecule has 5 aromatic rings. The lowest BCUT2D eigenvalue weighted by Crippen LogP contribution is -1.98. The van der Waals surface area contributed by atoms with Gasteiger partial charge in [-0.3, -0.25) is 0 Å². The number of ether oxygens (including phenoxy) is 1. The summed E-state index contributed by atoms with van der Waals surface area (Å²) in [7, 11) is 0. The van der Waals surface area contributed by atoms with E-state index >= 15 is 0 Å². The highest BCUT2D eigenvalue weighted by Gasteiger charge is 2.08. The molecule has 4 aromatic carbocycles. The van der Waals surface area contributed by atoms with Crippen molar-refractivity contribution in [1.82, 2.24) is 20.2 Å². The first kappa shape index (κ1) is 20.0. The molecule has 1 heterocycles. The van der Waals surface area contributed by atoms with E-state index in [1.165, 1.54) is 15.9 Å². The van der Waals surface area contributed by atoms with Gasteiger partial charge in [0.05, 0.1) is 5.69 Å². The number of aromatic nitrogens is 4. The first-order chi connectivity index (χ1) is 15.7. The summed E-state index contributed by atoms with van der Waals surface area (Å²) in [5, 5.41) is 13.4. The fourth-order valence-corrected chi connectivity index (χ4v) is 3.43. The van der Waals surface area contributed by atoms with E-state index in [1.807, 2.05) is 66.7 Å². The van der Waals surface area contributed by atoms with Crippen LogP contribution in [0.15, 0.2) is 103 Å². The van der Waals surface area contributed by atoms with Gasteiger partial charge in [-0.15, -0.1) is 15.0 Å². The fraction of sp³-hybridized carbons (Fsp3) is 0.0385. The third-order valence-corrected chi connectivity index (χ3v) is 5.30. The summed E-state index contributed by atoms with van der Waals surface area (Å²) in [5.41, 5.74) is 5.11. The first-order valence-electron chi connectivity index (χ1n) is 10.2. The summed E-state index contributed by atoms with van der Waals surface area (Å²) < 4.78 is 5.94. The lowest BCUT2D eigenvalue weighted by atomic mass is 10.1. The van der Waals surface area contributed by atoms with Crippen molar-refractivity contribution in [1.29, 1.82) is 0 Å². The molecule has 32 heavy (non-hydrogen) atoms. The van der Waals surface area contributed by atoms with Gasteiger partial charge in [0.2, 0.25) is 5.82 Å². The van der Waals surface area contributed by atoms with E-state index in [9.17, 15) is 0 Å². The van der Waals surface area contributed by atoms with E-state index < -0.39 is 0 Å². The third-order valence-electron chi connectivity index (χ3n) is 5.05. The highest BCUT2D eigenvalue weighted by Crippen LogP contribution is 2.23. The quantitative estimate of drug-likeness (QED) is 0.315. The Morgan fingerprint density at radius 2 is 1.34 bits per heavy atom. The van der Waals surface area contributed by atoms with E-state index in [-0.39, 0.29) is 0 Å². The Bertz CT molecular complexity index is 1300. The number of hydrogen-bond acceptors (Lipinski definition) is 4. The number of tetrazole rings is 1. The molecule has 0 radical (unpaired) electrons. The first-order valence-corrected chi connectivity index (χ1v) is 10.6. The van der Waals surface area contributed by atoms with Crippen molar-refractivity contribution in [2.45, 2.75) is 6.61 Å². The van der Waals surface area contributed by atoms with Gasteiger partial charge in [-0.25, -0.2) is 0 Å². The predicted molar refractivity (Wildman–Crippen MR) is 126 cm³/mol. The van der Waals surface area contributed by atoms with Crippen LogP contribution in [0.5, 0.6) is 5.75 Å². The van der Waals surface area contributed by atoms with Crippen LogP contribution in [0, 0.1) is 0 Å². The number of halogens is 1. The lowest BCUT2D eigenvalue weighted by molar-refractivity contribution is 0.306. The van der Waals surface area contributed by atoms with Crippen LogP contribution in [0.4, 0.5) is 0 Å². The predicted octanol–water partition coefficient (Wildman–Crippen LogP) is 6.23. The summed E-state index contributed by atoms with van der Waals surface area (Å²) >= 11 is 5.94. The maximum absolute atomic E-state index is 5.94. The molecule has 156 valence electrons. The molecule has 0 spiro atoms. The van der Waals surface area contributed by atoms with Gasteiger partial charge < -0.3 is 4.74 Å². The van der Waals surface area contributed by atoms with Crippen molar-refractivity contribution in [3.05, 3.63) is 114 Å². The SMILES string of the molecule is Clc1ccc(-n2nnc(-c3ccc(COc4ccc(-c5ccccc5)cc4)cc3)n2)cc1. The molecule has 0 bridgehead atoms. The van der Waals surface area contributed by atoms with Gasteiger partial charge >= 0.3 is 0 Å². The second-order valence-electron chi connectivity index (χ2n) is 7.25. The summed E-state index contributed by atoms with van der Waals surface area (Å²) in [6, 6.07) is 33.7. The van der Waals surface area contributed by atoms with Gasteiger partial charge in [0.15, 0.2) is 0 Å². The summed E-state index contributed by atoms with van der Waals surface area (Å²) in [6.45, 7) is 0.482. The number of nitrogens with zero attached hydrogens (tertiary/aromatic N) is 4. The second-order valence-corrected chi connectivity index (χ2v) is 7.69. The molecular formula is C26H19ClN4O. The van der Waals surface area contributed by atoms with Gasteiger partial charge in [0, 0.05) is 10.6 Å². The Morgan fingerprint density at radius 1 is 0.688 bits per heavy atom. The largest absolute Gasteiger partial charge is 0.489 e. The Hall–Kier alpha value is -3.96. The van der Waals surface area contributed by atoms with Crippen molar-refractivity contribution < 1.29 is 4.74 Å². The molecule has 0 fully saturated rings. The van der Waals surface area contributed by atoms with Crippen molar-refractivity contribution in [2.75, 3.05) is 0 Å². The second kappa shape index (κ2) is 9.04. The zero-order valence-electron chi connectivity index (χ0n) is 17.1. The average molecular weight is 439 g/mol. The molecule has 1 aromatic heterocycles. The fourth-order valence-electron chi connectivity index (χ4n) is 3.30. The van der Waals surface area contributed by atoms with Crippen LogP contribution < -0.4 is 4.74 Å². The maximum atomic E-state index is 5.94. The Labute approximate surface area is 190 Å². The Kier molecular flexibility index (Phi) is 5.64. The molecule has 0 aliphatic carbocycles. The van der Waals surface area contributed by atoms with Crippen LogP contribution in [-0.4, -0.2) is 20.2 Å². The molecule has 0 saturated carbocycles. The Balaban J connectivity index is 1.22. The molecular weight excluding hydrogens is 420 g/mol. The topological polar surface area (TPSA) is 52.8 Å². The molecule has 0 amide bonds. The minimum absolute atomic E-state index is 0.482. The number of rotatable bonds is 6. The zero-order valence-corrected chi connectivity index (χ0v) is 17.9. The zero-order chi connectivity index (χ0) is 21.8. The molecule has 5 nitrogen and oxygen atoms in total. The van der Waals surface area contributed by atoms with Crippen molar-refractivity contribution in [2.24, 2.45) is 0 Å². The minimum Gasteiger partial charge on any atom is -0.489 e. The molecule has 0 aliphatic rings. The van der Waals surface area contributed by atoms with Gasteiger partial charge in [-0.1, -0.05) is 78.3 Å². The monoisotopic (exact) mass is 438 g/mol. The van der Waals surface area contributed by atoms with Crippen molar-refractivity contribution >= 4 is 11.6 Å².